The van der Waals surface area contributed by atoms with E-state index < -0.39 is 0 Å². The van der Waals surface area contributed by atoms with Gasteiger partial charge in [0.25, 0.3) is 0 Å². The molecule has 0 bridgehead atoms. The molecule has 2 aromatic carbocycles. The van der Waals surface area contributed by atoms with E-state index in [0.717, 1.165) is 22.6 Å². The van der Waals surface area contributed by atoms with Crippen LogP contribution in [0.5, 0.6) is 11.5 Å². The molecule has 25 heavy (non-hydrogen) atoms. The molecule has 3 rings (SSSR count). The maximum absolute atomic E-state index is 5.22. The first-order valence-electron chi connectivity index (χ1n) is 7.93. The summed E-state index contributed by atoms with van der Waals surface area (Å²) in [5.41, 5.74) is 2.19. The standard InChI is InChI=1S/C18H21N5O2/c1-24-15-7-3-5-13(9-15)11-19-17-21-18(23-22-17)20-12-14-6-4-8-16(10-14)25-2/h3-10H,11-12H2,1-2H3,(H3,19,20,21,22,23). The molecule has 0 amide bonds. The third-order valence-corrected chi connectivity index (χ3v) is 3.66. The smallest absolute Gasteiger partial charge is 0.243 e. The third-order valence-electron chi connectivity index (χ3n) is 3.66. The third kappa shape index (κ3) is 4.63. The van der Waals surface area contributed by atoms with Crippen LogP contribution in [0.15, 0.2) is 48.5 Å². The average Bonchev–Trinajstić information content (AvgIpc) is 3.13. The van der Waals surface area contributed by atoms with Crippen LogP contribution in [-0.4, -0.2) is 29.4 Å². The summed E-state index contributed by atoms with van der Waals surface area (Å²) in [5.74, 6) is 2.80. The highest BCUT2D eigenvalue weighted by atomic mass is 16.5. The minimum atomic E-state index is 0.538. The Labute approximate surface area is 146 Å². The number of aromatic nitrogens is 3. The van der Waals surface area contributed by atoms with Crippen LogP contribution in [-0.2, 0) is 13.1 Å². The first kappa shape index (κ1) is 16.6. The molecule has 0 saturated heterocycles. The van der Waals surface area contributed by atoms with Crippen molar-refractivity contribution in [3.05, 3.63) is 59.7 Å². The zero-order valence-electron chi connectivity index (χ0n) is 14.2. The minimum Gasteiger partial charge on any atom is -0.497 e. The molecule has 7 nitrogen and oxygen atoms in total. The predicted octanol–water partition coefficient (Wildman–Crippen LogP) is 3.05. The number of H-pyrrole nitrogens is 1. The molecule has 0 atom stereocenters. The van der Waals surface area contributed by atoms with Gasteiger partial charge in [-0.25, -0.2) is 5.10 Å². The lowest BCUT2D eigenvalue weighted by atomic mass is 10.2. The lowest BCUT2D eigenvalue weighted by molar-refractivity contribution is 0.414. The number of anilines is 2. The van der Waals surface area contributed by atoms with Gasteiger partial charge in [-0.05, 0) is 35.4 Å². The Balaban J connectivity index is 1.53. The highest BCUT2D eigenvalue weighted by Gasteiger charge is 2.04. The second kappa shape index (κ2) is 8.05. The van der Waals surface area contributed by atoms with Crippen molar-refractivity contribution in [2.45, 2.75) is 13.1 Å². The fourth-order valence-electron chi connectivity index (χ4n) is 2.35. The number of hydrogen-bond donors (Lipinski definition) is 3. The van der Waals surface area contributed by atoms with Gasteiger partial charge >= 0.3 is 0 Å². The summed E-state index contributed by atoms with van der Waals surface area (Å²) in [6, 6.07) is 15.7. The second-order valence-corrected chi connectivity index (χ2v) is 5.42. The van der Waals surface area contributed by atoms with Crippen molar-refractivity contribution in [3.8, 4) is 11.5 Å². The summed E-state index contributed by atoms with van der Waals surface area (Å²) < 4.78 is 10.4. The number of rotatable bonds is 8. The minimum absolute atomic E-state index is 0.538. The monoisotopic (exact) mass is 339 g/mol. The van der Waals surface area contributed by atoms with E-state index in [2.05, 4.69) is 25.8 Å². The van der Waals surface area contributed by atoms with Crippen LogP contribution >= 0.6 is 0 Å². The number of nitrogens with zero attached hydrogens (tertiary/aromatic N) is 2. The number of benzene rings is 2. The molecular weight excluding hydrogens is 318 g/mol. The second-order valence-electron chi connectivity index (χ2n) is 5.42. The van der Waals surface area contributed by atoms with Gasteiger partial charge in [-0.15, -0.1) is 5.10 Å². The Morgan fingerprint density at radius 1 is 0.880 bits per heavy atom. The highest BCUT2D eigenvalue weighted by molar-refractivity contribution is 5.37. The lowest BCUT2D eigenvalue weighted by Gasteiger charge is -2.05. The van der Waals surface area contributed by atoms with Crippen LogP contribution in [0, 0.1) is 0 Å². The van der Waals surface area contributed by atoms with E-state index in [-0.39, 0.29) is 0 Å². The highest BCUT2D eigenvalue weighted by Crippen LogP contribution is 2.15. The number of nitrogens with one attached hydrogen (secondary N) is 3. The normalized spacial score (nSPS) is 10.3. The van der Waals surface area contributed by atoms with Crippen molar-refractivity contribution in [1.82, 2.24) is 15.2 Å². The van der Waals surface area contributed by atoms with Crippen molar-refractivity contribution < 1.29 is 9.47 Å². The van der Waals surface area contributed by atoms with Crippen LogP contribution in [0.3, 0.4) is 0 Å². The van der Waals surface area contributed by atoms with Gasteiger partial charge in [-0.3, -0.25) is 0 Å². The Morgan fingerprint density at radius 3 is 2.08 bits per heavy atom. The van der Waals surface area contributed by atoms with Crippen molar-refractivity contribution in [3.63, 3.8) is 0 Å². The van der Waals surface area contributed by atoms with E-state index in [1.807, 2.05) is 48.5 Å². The van der Waals surface area contributed by atoms with Gasteiger partial charge in [0.05, 0.1) is 14.2 Å². The summed E-state index contributed by atoms with van der Waals surface area (Å²) in [4.78, 5) is 4.37. The number of ether oxygens (including phenoxy) is 2. The molecule has 0 fully saturated rings. The largest absolute Gasteiger partial charge is 0.497 e. The first-order chi connectivity index (χ1) is 12.3. The molecule has 3 N–H and O–H groups in total. The van der Waals surface area contributed by atoms with E-state index >= 15 is 0 Å². The van der Waals surface area contributed by atoms with Crippen LogP contribution < -0.4 is 20.1 Å². The van der Waals surface area contributed by atoms with Crippen LogP contribution in [0.25, 0.3) is 0 Å². The zero-order valence-corrected chi connectivity index (χ0v) is 14.2. The van der Waals surface area contributed by atoms with Gasteiger partial charge in [0.1, 0.15) is 11.5 Å². The van der Waals surface area contributed by atoms with E-state index in [0.29, 0.717) is 25.0 Å². The van der Waals surface area contributed by atoms with Gasteiger partial charge in [0, 0.05) is 13.1 Å². The molecule has 0 aliphatic heterocycles. The number of aromatic amines is 1. The Bertz CT molecular complexity index is 752. The summed E-state index contributed by atoms with van der Waals surface area (Å²) in [6.07, 6.45) is 0. The van der Waals surface area contributed by atoms with Gasteiger partial charge in [-0.2, -0.15) is 4.98 Å². The Kier molecular flexibility index (Phi) is 5.36. The molecular formula is C18H21N5O2. The maximum atomic E-state index is 5.22. The summed E-state index contributed by atoms with van der Waals surface area (Å²) in [5, 5.41) is 13.4. The van der Waals surface area contributed by atoms with Crippen molar-refractivity contribution >= 4 is 11.9 Å². The fraction of sp³-hybridized carbons (Fsp3) is 0.222. The molecule has 0 radical (unpaired) electrons. The summed E-state index contributed by atoms with van der Waals surface area (Å²) >= 11 is 0. The molecule has 7 heteroatoms. The van der Waals surface area contributed by atoms with Crippen molar-refractivity contribution in [2.75, 3.05) is 24.9 Å². The molecule has 0 saturated carbocycles. The van der Waals surface area contributed by atoms with Crippen LogP contribution in [0.2, 0.25) is 0 Å². The fourth-order valence-corrected chi connectivity index (χ4v) is 2.35. The topological polar surface area (TPSA) is 84.1 Å². The van der Waals surface area contributed by atoms with Gasteiger partial charge in [0.2, 0.25) is 11.9 Å². The number of hydrogen-bond acceptors (Lipinski definition) is 6. The molecule has 0 aliphatic carbocycles. The molecule has 0 spiro atoms. The SMILES string of the molecule is COc1cccc(CNc2n[nH]c(NCc3cccc(OC)c3)n2)c1. The first-order valence-corrected chi connectivity index (χ1v) is 7.93. The maximum Gasteiger partial charge on any atom is 0.243 e. The Hall–Kier alpha value is -3.22. The molecule has 0 aliphatic rings. The summed E-state index contributed by atoms with van der Waals surface area (Å²) in [7, 11) is 3.31. The Morgan fingerprint density at radius 2 is 1.48 bits per heavy atom. The predicted molar refractivity (Wildman–Crippen MR) is 97.0 cm³/mol. The van der Waals surface area contributed by atoms with Crippen LogP contribution in [0.4, 0.5) is 11.9 Å². The van der Waals surface area contributed by atoms with Crippen LogP contribution in [0.1, 0.15) is 11.1 Å². The van der Waals surface area contributed by atoms with Gasteiger partial charge < -0.3 is 20.1 Å². The molecule has 1 aromatic heterocycles. The van der Waals surface area contributed by atoms with E-state index in [1.54, 1.807) is 14.2 Å². The molecule has 1 heterocycles. The van der Waals surface area contributed by atoms with Gasteiger partial charge in [0.15, 0.2) is 0 Å². The lowest BCUT2D eigenvalue weighted by Crippen LogP contribution is -2.02. The molecule has 0 unspecified atom stereocenters. The van der Waals surface area contributed by atoms with Crippen molar-refractivity contribution in [1.29, 1.82) is 0 Å². The molecule has 130 valence electrons. The molecule has 3 aromatic rings. The van der Waals surface area contributed by atoms with Crippen molar-refractivity contribution in [2.24, 2.45) is 0 Å². The van der Waals surface area contributed by atoms with E-state index in [4.69, 9.17) is 9.47 Å². The summed E-state index contributed by atoms with van der Waals surface area (Å²) in [6.45, 7) is 1.24. The van der Waals surface area contributed by atoms with E-state index in [1.165, 1.54) is 0 Å². The zero-order chi connectivity index (χ0) is 17.5. The quantitative estimate of drug-likeness (QED) is 0.585. The number of methoxy groups -OCH3 is 2. The van der Waals surface area contributed by atoms with Gasteiger partial charge in [-0.1, -0.05) is 24.3 Å². The average molecular weight is 339 g/mol. The van der Waals surface area contributed by atoms with E-state index in [9.17, 15) is 0 Å².